The average molecular weight is 346 g/mol. The second kappa shape index (κ2) is 10.0. The molecule has 1 fully saturated rings. The van der Waals surface area contributed by atoms with E-state index in [1.807, 2.05) is 19.3 Å². The molecule has 0 aliphatic carbocycles. The molecule has 1 N–H and O–H groups in total. The fraction of sp³-hybridized carbons (Fsp3) is 0.632. The molecule has 2 rings (SSSR count). The van der Waals surface area contributed by atoms with Crippen molar-refractivity contribution in [1.82, 2.24) is 15.2 Å². The van der Waals surface area contributed by atoms with Gasteiger partial charge in [-0.25, -0.2) is 0 Å². The Labute approximate surface area is 150 Å². The van der Waals surface area contributed by atoms with Gasteiger partial charge in [0.25, 0.3) is 0 Å². The van der Waals surface area contributed by atoms with Crippen molar-refractivity contribution >= 4 is 11.9 Å². The van der Waals surface area contributed by atoms with Gasteiger partial charge in [0, 0.05) is 38.6 Å². The van der Waals surface area contributed by atoms with E-state index < -0.39 is 0 Å². The number of nitrogens with zero attached hydrogens (tertiary/aromatic N) is 3. The van der Waals surface area contributed by atoms with Gasteiger partial charge < -0.3 is 15.0 Å². The Morgan fingerprint density at radius 2 is 2.16 bits per heavy atom. The van der Waals surface area contributed by atoms with Gasteiger partial charge in [-0.2, -0.15) is 0 Å². The molecule has 1 aromatic rings. The minimum Gasteiger partial charge on any atom is -0.466 e. The Balaban J connectivity index is 1.90. The maximum absolute atomic E-state index is 11.9. The Hall–Kier alpha value is -2.11. The van der Waals surface area contributed by atoms with Crippen LogP contribution in [0.25, 0.3) is 0 Å². The summed E-state index contributed by atoms with van der Waals surface area (Å²) < 4.78 is 5.14. The molecule has 6 nitrogen and oxygen atoms in total. The summed E-state index contributed by atoms with van der Waals surface area (Å²) in [5, 5.41) is 3.37. The van der Waals surface area contributed by atoms with Crippen LogP contribution < -0.4 is 5.32 Å². The van der Waals surface area contributed by atoms with Gasteiger partial charge in [0.05, 0.1) is 12.5 Å². The van der Waals surface area contributed by atoms with E-state index in [0.29, 0.717) is 6.61 Å². The third kappa shape index (κ3) is 5.73. The van der Waals surface area contributed by atoms with Gasteiger partial charge in [-0.3, -0.25) is 14.8 Å². The molecule has 0 saturated carbocycles. The number of aromatic nitrogens is 1. The summed E-state index contributed by atoms with van der Waals surface area (Å²) in [6, 6.07) is 2.06. The molecule has 0 amide bonds. The van der Waals surface area contributed by atoms with Gasteiger partial charge in [-0.1, -0.05) is 0 Å². The molecule has 0 aromatic carbocycles. The Kier molecular flexibility index (Phi) is 7.70. The summed E-state index contributed by atoms with van der Waals surface area (Å²) >= 11 is 0. The number of aliphatic imine (C=N–C) groups is 1. The third-order valence-corrected chi connectivity index (χ3v) is 4.53. The van der Waals surface area contributed by atoms with Gasteiger partial charge >= 0.3 is 5.97 Å². The number of likely N-dealkylation sites (tertiary alicyclic amines) is 1. The Morgan fingerprint density at radius 3 is 2.80 bits per heavy atom. The van der Waals surface area contributed by atoms with Crippen LogP contribution in [0.5, 0.6) is 0 Å². The molecule has 0 unspecified atom stereocenters. The molecule has 0 radical (unpaired) electrons. The number of carbonyl (C=O) groups excluding carboxylic acids is 1. The lowest BCUT2D eigenvalue weighted by Gasteiger charge is -2.33. The third-order valence-electron chi connectivity index (χ3n) is 4.53. The highest BCUT2D eigenvalue weighted by Crippen LogP contribution is 2.18. The number of piperidine rings is 1. The average Bonchev–Trinajstić information content (AvgIpc) is 2.63. The predicted molar refractivity (Wildman–Crippen MR) is 99.6 cm³/mol. The Morgan fingerprint density at radius 1 is 1.40 bits per heavy atom. The number of guanidine groups is 1. The SMILES string of the molecule is CCNC(=NCCc1ccncc1C)N1CCC(C(=O)OCC)CC1. The fourth-order valence-electron chi connectivity index (χ4n) is 3.08. The first kappa shape index (κ1) is 19.2. The number of esters is 1. The predicted octanol–water partition coefficient (Wildman–Crippen LogP) is 2.17. The van der Waals surface area contributed by atoms with Crippen molar-refractivity contribution in [3.8, 4) is 0 Å². The quantitative estimate of drug-likeness (QED) is 0.486. The van der Waals surface area contributed by atoms with Crippen LogP contribution >= 0.6 is 0 Å². The van der Waals surface area contributed by atoms with E-state index in [1.165, 1.54) is 11.1 Å². The lowest BCUT2D eigenvalue weighted by Crippen LogP contribution is -2.46. The number of aryl methyl sites for hydroxylation is 1. The minimum absolute atomic E-state index is 0.0264. The molecule has 0 atom stereocenters. The van der Waals surface area contributed by atoms with Crippen LogP contribution in [0.2, 0.25) is 0 Å². The lowest BCUT2D eigenvalue weighted by molar-refractivity contribution is -0.149. The normalized spacial score (nSPS) is 16.0. The zero-order valence-corrected chi connectivity index (χ0v) is 15.6. The fourth-order valence-corrected chi connectivity index (χ4v) is 3.08. The first-order valence-corrected chi connectivity index (χ1v) is 9.25. The van der Waals surface area contributed by atoms with Crippen LogP contribution in [0.15, 0.2) is 23.5 Å². The zero-order chi connectivity index (χ0) is 18.1. The van der Waals surface area contributed by atoms with Crippen LogP contribution in [-0.4, -0.2) is 54.6 Å². The molecule has 2 heterocycles. The zero-order valence-electron chi connectivity index (χ0n) is 15.6. The van der Waals surface area contributed by atoms with E-state index in [1.54, 1.807) is 0 Å². The van der Waals surface area contributed by atoms with Gasteiger partial charge in [0.2, 0.25) is 0 Å². The minimum atomic E-state index is -0.0581. The first-order chi connectivity index (χ1) is 12.2. The smallest absolute Gasteiger partial charge is 0.309 e. The van der Waals surface area contributed by atoms with Crippen molar-refractivity contribution in [3.05, 3.63) is 29.6 Å². The van der Waals surface area contributed by atoms with Gasteiger partial charge in [0.1, 0.15) is 0 Å². The number of rotatable bonds is 6. The molecule has 138 valence electrons. The summed E-state index contributed by atoms with van der Waals surface area (Å²) in [5.41, 5.74) is 2.49. The Bertz CT molecular complexity index is 581. The molecule has 6 heteroatoms. The van der Waals surface area contributed by atoms with Crippen LogP contribution in [0, 0.1) is 12.8 Å². The van der Waals surface area contributed by atoms with Gasteiger partial charge in [0.15, 0.2) is 5.96 Å². The summed E-state index contributed by atoms with van der Waals surface area (Å²) in [7, 11) is 0. The van der Waals surface area contributed by atoms with E-state index >= 15 is 0 Å². The summed E-state index contributed by atoms with van der Waals surface area (Å²) in [4.78, 5) is 23.0. The second-order valence-electron chi connectivity index (χ2n) is 6.30. The molecule has 0 spiro atoms. The van der Waals surface area contributed by atoms with Crippen LogP contribution in [-0.2, 0) is 16.0 Å². The number of pyridine rings is 1. The monoisotopic (exact) mass is 346 g/mol. The van der Waals surface area contributed by atoms with E-state index in [4.69, 9.17) is 9.73 Å². The highest BCUT2D eigenvalue weighted by Gasteiger charge is 2.27. The molecule has 1 saturated heterocycles. The second-order valence-corrected chi connectivity index (χ2v) is 6.30. The lowest BCUT2D eigenvalue weighted by atomic mass is 9.97. The molecular formula is C19H30N4O2. The highest BCUT2D eigenvalue weighted by molar-refractivity contribution is 5.80. The number of ether oxygens (including phenoxy) is 1. The molecule has 25 heavy (non-hydrogen) atoms. The molecule has 0 bridgehead atoms. The van der Waals surface area contributed by atoms with Crippen molar-refractivity contribution in [2.24, 2.45) is 10.9 Å². The maximum atomic E-state index is 11.9. The van der Waals surface area contributed by atoms with E-state index in [9.17, 15) is 4.79 Å². The van der Waals surface area contributed by atoms with E-state index in [2.05, 4.69) is 35.1 Å². The summed E-state index contributed by atoms with van der Waals surface area (Å²) in [5.74, 6) is 0.910. The first-order valence-electron chi connectivity index (χ1n) is 9.25. The molecule has 1 aromatic heterocycles. The van der Waals surface area contributed by atoms with Crippen molar-refractivity contribution in [2.75, 3.05) is 32.8 Å². The molecule has 1 aliphatic rings. The largest absolute Gasteiger partial charge is 0.466 e. The van der Waals surface area contributed by atoms with Gasteiger partial charge in [-0.05, 0) is 57.2 Å². The van der Waals surface area contributed by atoms with Crippen molar-refractivity contribution < 1.29 is 9.53 Å². The number of hydrogen-bond donors (Lipinski definition) is 1. The van der Waals surface area contributed by atoms with Gasteiger partial charge in [-0.15, -0.1) is 0 Å². The van der Waals surface area contributed by atoms with E-state index in [-0.39, 0.29) is 11.9 Å². The van der Waals surface area contributed by atoms with Crippen molar-refractivity contribution in [2.45, 2.75) is 40.0 Å². The highest BCUT2D eigenvalue weighted by atomic mass is 16.5. The van der Waals surface area contributed by atoms with Crippen LogP contribution in [0.4, 0.5) is 0 Å². The topological polar surface area (TPSA) is 66.8 Å². The molecular weight excluding hydrogens is 316 g/mol. The summed E-state index contributed by atoms with van der Waals surface area (Å²) in [6.45, 7) is 9.72. The molecule has 1 aliphatic heterocycles. The van der Waals surface area contributed by atoms with Crippen LogP contribution in [0.1, 0.15) is 37.8 Å². The maximum Gasteiger partial charge on any atom is 0.309 e. The number of hydrogen-bond acceptors (Lipinski definition) is 4. The summed E-state index contributed by atoms with van der Waals surface area (Å²) in [6.07, 6.45) is 6.28. The number of nitrogens with one attached hydrogen (secondary N) is 1. The van der Waals surface area contributed by atoms with Crippen LogP contribution in [0.3, 0.4) is 0 Å². The standard InChI is InChI=1S/C19H30N4O2/c1-4-21-19(22-11-7-16-6-10-20-14-15(16)3)23-12-8-17(9-13-23)18(24)25-5-2/h6,10,14,17H,4-5,7-9,11-13H2,1-3H3,(H,21,22). The number of carbonyl (C=O) groups is 1. The van der Waals surface area contributed by atoms with Crippen molar-refractivity contribution in [1.29, 1.82) is 0 Å². The van der Waals surface area contributed by atoms with Crippen molar-refractivity contribution in [3.63, 3.8) is 0 Å². The van der Waals surface area contributed by atoms with E-state index in [0.717, 1.165) is 51.4 Å².